The van der Waals surface area contributed by atoms with E-state index in [-0.39, 0.29) is 0 Å². The molecule has 0 bridgehead atoms. The van der Waals surface area contributed by atoms with Crippen LogP contribution >= 0.6 is 0 Å². The Hall–Kier alpha value is -0.860. The van der Waals surface area contributed by atoms with Crippen molar-refractivity contribution >= 4 is 0 Å². The van der Waals surface area contributed by atoms with Crippen LogP contribution in [0, 0.1) is 0 Å². The lowest BCUT2D eigenvalue weighted by Gasteiger charge is -2.04. The van der Waals surface area contributed by atoms with Gasteiger partial charge < -0.3 is 9.84 Å². The Balaban J connectivity index is 1.85. The van der Waals surface area contributed by atoms with E-state index in [1.807, 2.05) is 6.07 Å². The first-order valence-corrected chi connectivity index (χ1v) is 6.66. The fraction of sp³-hybridized carbons (Fsp3) is 0.600. The number of aliphatic hydroxyl groups excluding tert-OH is 1. The Kier molecular flexibility index (Phi) is 8.61. The lowest BCUT2D eigenvalue weighted by molar-refractivity contribution is 0.127. The molecule has 0 aromatic heterocycles. The van der Waals surface area contributed by atoms with Gasteiger partial charge in [-0.3, -0.25) is 0 Å². The molecule has 0 radical (unpaired) electrons. The number of benzene rings is 1. The van der Waals surface area contributed by atoms with E-state index in [4.69, 9.17) is 9.84 Å². The number of aliphatic hydroxyl groups is 1. The van der Waals surface area contributed by atoms with Gasteiger partial charge in [0.25, 0.3) is 0 Å². The zero-order valence-corrected chi connectivity index (χ0v) is 10.6. The van der Waals surface area contributed by atoms with Gasteiger partial charge in [0.15, 0.2) is 0 Å². The van der Waals surface area contributed by atoms with Gasteiger partial charge in [-0.25, -0.2) is 0 Å². The largest absolute Gasteiger partial charge is 0.396 e. The summed E-state index contributed by atoms with van der Waals surface area (Å²) in [5, 5.41) is 8.62. The van der Waals surface area contributed by atoms with E-state index in [0.29, 0.717) is 6.61 Å². The van der Waals surface area contributed by atoms with E-state index in [2.05, 4.69) is 24.3 Å². The molecule has 0 fully saturated rings. The van der Waals surface area contributed by atoms with Crippen LogP contribution in [0.2, 0.25) is 0 Å². The predicted molar refractivity (Wildman–Crippen MR) is 71.1 cm³/mol. The quantitative estimate of drug-likeness (QED) is 0.632. The molecule has 0 atom stereocenters. The molecule has 96 valence electrons. The first-order valence-electron chi connectivity index (χ1n) is 6.66. The summed E-state index contributed by atoms with van der Waals surface area (Å²) in [5.74, 6) is 0. The molecule has 17 heavy (non-hydrogen) atoms. The summed E-state index contributed by atoms with van der Waals surface area (Å²) in [6, 6.07) is 10.5. The summed E-state index contributed by atoms with van der Waals surface area (Å²) in [5.41, 5.74) is 1.39. The molecule has 0 spiro atoms. The average molecular weight is 236 g/mol. The second-order valence-corrected chi connectivity index (χ2v) is 4.34. The van der Waals surface area contributed by atoms with Crippen molar-refractivity contribution < 1.29 is 9.84 Å². The molecular formula is C15H24O2. The summed E-state index contributed by atoms with van der Waals surface area (Å²) in [7, 11) is 0. The molecule has 1 aromatic carbocycles. The van der Waals surface area contributed by atoms with Crippen LogP contribution in [-0.4, -0.2) is 24.9 Å². The van der Waals surface area contributed by atoms with Crippen LogP contribution in [0.3, 0.4) is 0 Å². The highest BCUT2D eigenvalue weighted by Crippen LogP contribution is 2.03. The van der Waals surface area contributed by atoms with Gasteiger partial charge in [0.2, 0.25) is 0 Å². The van der Waals surface area contributed by atoms with Crippen molar-refractivity contribution in [1.82, 2.24) is 0 Å². The molecule has 1 aromatic rings. The molecule has 1 rings (SSSR count). The van der Waals surface area contributed by atoms with Crippen molar-refractivity contribution in [3.8, 4) is 0 Å². The van der Waals surface area contributed by atoms with Crippen LogP contribution in [0.15, 0.2) is 30.3 Å². The Morgan fingerprint density at radius 3 is 2.29 bits per heavy atom. The Labute approximate surface area is 105 Å². The monoisotopic (exact) mass is 236 g/mol. The van der Waals surface area contributed by atoms with Gasteiger partial charge in [-0.05, 0) is 31.2 Å². The van der Waals surface area contributed by atoms with E-state index in [1.165, 1.54) is 12.0 Å². The van der Waals surface area contributed by atoms with Crippen molar-refractivity contribution in [2.24, 2.45) is 0 Å². The average Bonchev–Trinajstić information content (AvgIpc) is 2.38. The van der Waals surface area contributed by atoms with Crippen LogP contribution in [0.25, 0.3) is 0 Å². The maximum absolute atomic E-state index is 8.62. The zero-order chi connectivity index (χ0) is 12.2. The van der Waals surface area contributed by atoms with Crippen LogP contribution < -0.4 is 0 Å². The molecule has 2 heteroatoms. The summed E-state index contributed by atoms with van der Waals surface area (Å²) < 4.78 is 5.57. The van der Waals surface area contributed by atoms with Gasteiger partial charge in [-0.2, -0.15) is 0 Å². The number of unbranched alkanes of at least 4 members (excludes halogenated alkanes) is 3. The van der Waals surface area contributed by atoms with Crippen LogP contribution in [0.5, 0.6) is 0 Å². The SMILES string of the molecule is OCCCCCCOCCCc1ccccc1. The third-order valence-electron chi connectivity index (χ3n) is 2.79. The zero-order valence-electron chi connectivity index (χ0n) is 10.6. The number of rotatable bonds is 10. The maximum Gasteiger partial charge on any atom is 0.0469 e. The Bertz CT molecular complexity index is 259. The topological polar surface area (TPSA) is 29.5 Å². The summed E-state index contributed by atoms with van der Waals surface area (Å²) >= 11 is 0. The van der Waals surface area contributed by atoms with Crippen LogP contribution in [-0.2, 0) is 11.2 Å². The second kappa shape index (κ2) is 10.3. The molecule has 0 saturated heterocycles. The normalized spacial score (nSPS) is 10.6. The van der Waals surface area contributed by atoms with Gasteiger partial charge in [0.1, 0.15) is 0 Å². The first-order chi connectivity index (χ1) is 8.43. The molecule has 0 unspecified atom stereocenters. The van der Waals surface area contributed by atoms with Crippen LogP contribution in [0.4, 0.5) is 0 Å². The van der Waals surface area contributed by atoms with E-state index < -0.39 is 0 Å². The van der Waals surface area contributed by atoms with Gasteiger partial charge in [-0.15, -0.1) is 0 Å². The Morgan fingerprint density at radius 2 is 1.53 bits per heavy atom. The minimum absolute atomic E-state index is 0.317. The summed E-state index contributed by atoms with van der Waals surface area (Å²) in [6.07, 6.45) is 6.52. The minimum atomic E-state index is 0.317. The third-order valence-corrected chi connectivity index (χ3v) is 2.79. The van der Waals surface area contributed by atoms with E-state index in [9.17, 15) is 0 Å². The molecule has 0 heterocycles. The lowest BCUT2D eigenvalue weighted by atomic mass is 10.1. The first kappa shape index (κ1) is 14.2. The second-order valence-electron chi connectivity index (χ2n) is 4.34. The van der Waals surface area contributed by atoms with Crippen molar-refractivity contribution in [1.29, 1.82) is 0 Å². The van der Waals surface area contributed by atoms with Gasteiger partial charge in [-0.1, -0.05) is 43.2 Å². The molecule has 1 N–H and O–H groups in total. The molecule has 0 amide bonds. The number of hydrogen-bond acceptors (Lipinski definition) is 2. The number of aryl methyl sites for hydroxylation is 1. The van der Waals surface area contributed by atoms with Crippen molar-refractivity contribution in [3.63, 3.8) is 0 Å². The molecule has 0 saturated carbocycles. The smallest absolute Gasteiger partial charge is 0.0469 e. The van der Waals surface area contributed by atoms with Gasteiger partial charge in [0, 0.05) is 19.8 Å². The summed E-state index contributed by atoms with van der Waals surface area (Å²) in [6.45, 7) is 2.03. The molecule has 0 aliphatic rings. The van der Waals surface area contributed by atoms with Crippen molar-refractivity contribution in [2.75, 3.05) is 19.8 Å². The van der Waals surface area contributed by atoms with Crippen molar-refractivity contribution in [2.45, 2.75) is 38.5 Å². The molecule has 0 aliphatic carbocycles. The lowest BCUT2D eigenvalue weighted by Crippen LogP contribution is -1.99. The van der Waals surface area contributed by atoms with E-state index in [1.54, 1.807) is 0 Å². The minimum Gasteiger partial charge on any atom is -0.396 e. The van der Waals surface area contributed by atoms with Crippen LogP contribution in [0.1, 0.15) is 37.7 Å². The van der Waals surface area contributed by atoms with E-state index >= 15 is 0 Å². The Morgan fingerprint density at radius 1 is 0.824 bits per heavy atom. The van der Waals surface area contributed by atoms with Gasteiger partial charge in [0.05, 0.1) is 0 Å². The predicted octanol–water partition coefficient (Wildman–Crippen LogP) is 3.19. The molecule has 0 aliphatic heterocycles. The fourth-order valence-corrected chi connectivity index (χ4v) is 1.79. The van der Waals surface area contributed by atoms with E-state index in [0.717, 1.165) is 45.3 Å². The molecular weight excluding hydrogens is 212 g/mol. The fourth-order valence-electron chi connectivity index (χ4n) is 1.79. The summed E-state index contributed by atoms with van der Waals surface area (Å²) in [4.78, 5) is 0. The number of ether oxygens (including phenoxy) is 1. The maximum atomic E-state index is 8.62. The third kappa shape index (κ3) is 7.94. The molecule has 2 nitrogen and oxygen atoms in total. The standard InChI is InChI=1S/C15H24O2/c16-12-6-1-2-7-13-17-14-8-11-15-9-4-3-5-10-15/h3-5,9-10,16H,1-2,6-8,11-14H2. The highest BCUT2D eigenvalue weighted by Gasteiger charge is 1.93. The highest BCUT2D eigenvalue weighted by molar-refractivity contribution is 5.14. The van der Waals surface area contributed by atoms with Gasteiger partial charge >= 0.3 is 0 Å². The number of hydrogen-bond donors (Lipinski definition) is 1. The highest BCUT2D eigenvalue weighted by atomic mass is 16.5. The van der Waals surface area contributed by atoms with Crippen molar-refractivity contribution in [3.05, 3.63) is 35.9 Å².